The van der Waals surface area contributed by atoms with E-state index in [1.54, 1.807) is 13.8 Å². The van der Waals surface area contributed by atoms with Crippen molar-refractivity contribution < 1.29 is 14.6 Å². The highest BCUT2D eigenvalue weighted by molar-refractivity contribution is 6.30. The zero-order valence-electron chi connectivity index (χ0n) is 16.8. The monoisotopic (exact) mass is 399 g/mol. The Hall–Kier alpha value is -2.46. The van der Waals surface area contributed by atoms with E-state index in [0.29, 0.717) is 5.75 Å². The number of carboxylic acids is 1. The van der Waals surface area contributed by atoms with Crippen LogP contribution in [0.3, 0.4) is 0 Å². The van der Waals surface area contributed by atoms with Crippen LogP contribution in [0.1, 0.15) is 44.0 Å². The van der Waals surface area contributed by atoms with Gasteiger partial charge in [-0.2, -0.15) is 0 Å². The molecule has 148 valence electrons. The van der Waals surface area contributed by atoms with E-state index in [-0.39, 0.29) is 0 Å². The van der Waals surface area contributed by atoms with Crippen LogP contribution in [0.5, 0.6) is 5.75 Å². The number of benzene rings is 2. The minimum absolute atomic E-state index is 0.561. The van der Waals surface area contributed by atoms with Crippen molar-refractivity contribution in [3.8, 4) is 5.75 Å². The van der Waals surface area contributed by atoms with Gasteiger partial charge in [0, 0.05) is 28.2 Å². The first-order valence-electron chi connectivity index (χ1n) is 9.51. The predicted octanol–water partition coefficient (Wildman–Crippen LogP) is 5.85. The van der Waals surface area contributed by atoms with Crippen molar-refractivity contribution in [1.29, 1.82) is 0 Å². The van der Waals surface area contributed by atoms with Crippen molar-refractivity contribution in [2.45, 2.75) is 52.7 Å². The average molecular weight is 400 g/mol. The number of ether oxygens (including phenoxy) is 1. The molecule has 0 aliphatic rings. The lowest BCUT2D eigenvalue weighted by atomic mass is 10.0. The van der Waals surface area contributed by atoms with Crippen LogP contribution in [0.2, 0.25) is 5.02 Å². The molecule has 0 spiro atoms. The van der Waals surface area contributed by atoms with Crippen molar-refractivity contribution >= 4 is 28.5 Å². The summed E-state index contributed by atoms with van der Waals surface area (Å²) >= 11 is 6.03. The van der Waals surface area contributed by atoms with Crippen LogP contribution < -0.4 is 4.74 Å². The molecule has 3 aromatic rings. The van der Waals surface area contributed by atoms with Crippen LogP contribution in [0.15, 0.2) is 42.5 Å². The molecule has 4 nitrogen and oxygen atoms in total. The Labute approximate surface area is 170 Å². The van der Waals surface area contributed by atoms with Gasteiger partial charge < -0.3 is 14.4 Å². The first kappa shape index (κ1) is 20.3. The molecule has 5 heteroatoms. The zero-order chi connectivity index (χ0) is 20.5. The van der Waals surface area contributed by atoms with E-state index in [1.165, 1.54) is 16.8 Å². The quantitative estimate of drug-likeness (QED) is 0.542. The van der Waals surface area contributed by atoms with Gasteiger partial charge in [-0.25, -0.2) is 4.79 Å². The van der Waals surface area contributed by atoms with Crippen molar-refractivity contribution in [3.63, 3.8) is 0 Å². The SMILES string of the molecule is CCCn1c(C)c(Cc2ccc(Cl)cc2)c2cc(OC(C)(C)C(=O)O)ccc21. The van der Waals surface area contributed by atoms with Crippen LogP contribution in [0, 0.1) is 6.92 Å². The molecule has 1 heterocycles. The van der Waals surface area contributed by atoms with E-state index in [0.717, 1.165) is 35.3 Å². The largest absolute Gasteiger partial charge is 0.478 e. The second kappa shape index (κ2) is 7.88. The molecule has 0 amide bonds. The molecule has 0 atom stereocenters. The maximum absolute atomic E-state index is 11.4. The van der Waals surface area contributed by atoms with Gasteiger partial charge in [0.25, 0.3) is 0 Å². The summed E-state index contributed by atoms with van der Waals surface area (Å²) in [5.41, 5.74) is 3.49. The normalized spacial score (nSPS) is 11.8. The van der Waals surface area contributed by atoms with Crippen LogP contribution in [-0.2, 0) is 17.8 Å². The summed E-state index contributed by atoms with van der Waals surface area (Å²) in [6, 6.07) is 13.7. The number of fused-ring (bicyclic) bond motifs is 1. The summed E-state index contributed by atoms with van der Waals surface area (Å²) in [5, 5.41) is 11.2. The second-order valence-electron chi connectivity index (χ2n) is 7.62. The van der Waals surface area contributed by atoms with Crippen LogP contribution >= 0.6 is 11.6 Å². The minimum atomic E-state index is -1.29. The lowest BCUT2D eigenvalue weighted by Gasteiger charge is -2.21. The second-order valence-corrected chi connectivity index (χ2v) is 8.05. The number of hydrogen-bond donors (Lipinski definition) is 1. The summed E-state index contributed by atoms with van der Waals surface area (Å²) in [6.07, 6.45) is 1.82. The highest BCUT2D eigenvalue weighted by Crippen LogP contribution is 2.32. The van der Waals surface area contributed by atoms with Crippen molar-refractivity contribution in [3.05, 3.63) is 64.3 Å². The van der Waals surface area contributed by atoms with Crippen molar-refractivity contribution in [2.75, 3.05) is 0 Å². The van der Waals surface area contributed by atoms with Gasteiger partial charge in [0.05, 0.1) is 0 Å². The average Bonchev–Trinajstić information content (AvgIpc) is 2.89. The fraction of sp³-hybridized carbons (Fsp3) is 0.348. The number of carboxylic acid groups (broad SMARTS) is 1. The Morgan fingerprint density at radius 3 is 2.46 bits per heavy atom. The van der Waals surface area contributed by atoms with E-state index in [1.807, 2.05) is 42.5 Å². The Balaban J connectivity index is 2.09. The Morgan fingerprint density at radius 1 is 1.18 bits per heavy atom. The number of aromatic nitrogens is 1. The molecule has 0 fully saturated rings. The fourth-order valence-electron chi connectivity index (χ4n) is 3.47. The number of rotatable bonds is 7. The Bertz CT molecular complexity index is 1000. The molecule has 0 saturated carbocycles. The zero-order valence-corrected chi connectivity index (χ0v) is 17.5. The third-order valence-corrected chi connectivity index (χ3v) is 5.31. The molecule has 2 aromatic carbocycles. The molecular weight excluding hydrogens is 374 g/mol. The molecule has 3 rings (SSSR count). The molecular formula is C23H26ClNO3. The number of halogens is 1. The van der Waals surface area contributed by atoms with Gasteiger partial charge in [0.2, 0.25) is 0 Å². The number of carbonyl (C=O) groups is 1. The standard InChI is InChI=1S/C23H26ClNO3/c1-5-12-25-15(2)19(13-16-6-8-17(24)9-7-16)20-14-18(10-11-21(20)25)28-23(3,4)22(26)27/h6-11,14H,5,12-13H2,1-4H3,(H,26,27). The third-order valence-electron chi connectivity index (χ3n) is 5.05. The topological polar surface area (TPSA) is 51.5 Å². The van der Waals surface area contributed by atoms with E-state index in [9.17, 15) is 9.90 Å². The lowest BCUT2D eigenvalue weighted by molar-refractivity contribution is -0.152. The van der Waals surface area contributed by atoms with Gasteiger partial charge in [-0.05, 0) is 75.1 Å². The number of nitrogens with zero attached hydrogens (tertiary/aromatic N) is 1. The molecule has 0 bridgehead atoms. The van der Waals surface area contributed by atoms with E-state index < -0.39 is 11.6 Å². The van der Waals surface area contributed by atoms with Crippen molar-refractivity contribution in [1.82, 2.24) is 4.57 Å². The Kier molecular flexibility index (Phi) is 5.71. The molecule has 1 aromatic heterocycles. The van der Waals surface area contributed by atoms with Gasteiger partial charge in [-0.3, -0.25) is 0 Å². The first-order valence-corrected chi connectivity index (χ1v) is 9.89. The molecule has 0 unspecified atom stereocenters. The van der Waals surface area contributed by atoms with Gasteiger partial charge in [0.1, 0.15) is 5.75 Å². The van der Waals surface area contributed by atoms with Crippen LogP contribution in [0.25, 0.3) is 10.9 Å². The summed E-state index contributed by atoms with van der Waals surface area (Å²) in [5.74, 6) is -0.431. The smallest absolute Gasteiger partial charge is 0.347 e. The van der Waals surface area contributed by atoms with E-state index in [2.05, 4.69) is 18.4 Å². The van der Waals surface area contributed by atoms with Gasteiger partial charge >= 0.3 is 5.97 Å². The minimum Gasteiger partial charge on any atom is -0.478 e. The first-order chi connectivity index (χ1) is 13.2. The summed E-state index contributed by atoms with van der Waals surface area (Å²) in [7, 11) is 0. The summed E-state index contributed by atoms with van der Waals surface area (Å²) in [6.45, 7) is 8.35. The highest BCUT2D eigenvalue weighted by Gasteiger charge is 2.29. The maximum atomic E-state index is 11.4. The van der Waals surface area contributed by atoms with E-state index >= 15 is 0 Å². The molecule has 0 aliphatic heterocycles. The van der Waals surface area contributed by atoms with Crippen molar-refractivity contribution in [2.24, 2.45) is 0 Å². The molecule has 0 aliphatic carbocycles. The van der Waals surface area contributed by atoms with Gasteiger partial charge in [-0.15, -0.1) is 0 Å². The molecule has 0 radical (unpaired) electrons. The summed E-state index contributed by atoms with van der Waals surface area (Å²) < 4.78 is 8.10. The van der Waals surface area contributed by atoms with Crippen LogP contribution in [-0.4, -0.2) is 21.2 Å². The van der Waals surface area contributed by atoms with E-state index in [4.69, 9.17) is 16.3 Å². The maximum Gasteiger partial charge on any atom is 0.347 e. The molecule has 1 N–H and O–H groups in total. The third kappa shape index (κ3) is 4.02. The van der Waals surface area contributed by atoms with Gasteiger partial charge in [-0.1, -0.05) is 30.7 Å². The van der Waals surface area contributed by atoms with Gasteiger partial charge in [0.15, 0.2) is 5.60 Å². The molecule has 0 saturated heterocycles. The summed E-state index contributed by atoms with van der Waals surface area (Å²) in [4.78, 5) is 11.4. The predicted molar refractivity (Wildman–Crippen MR) is 114 cm³/mol. The number of aliphatic carboxylic acids is 1. The van der Waals surface area contributed by atoms with Crippen LogP contribution in [0.4, 0.5) is 0 Å². The molecule has 28 heavy (non-hydrogen) atoms. The Morgan fingerprint density at radius 2 is 1.86 bits per heavy atom. The lowest BCUT2D eigenvalue weighted by Crippen LogP contribution is -2.37. The highest BCUT2D eigenvalue weighted by atomic mass is 35.5. The number of hydrogen-bond acceptors (Lipinski definition) is 2. The number of aryl methyl sites for hydroxylation is 1. The fourth-order valence-corrected chi connectivity index (χ4v) is 3.60.